The quantitative estimate of drug-likeness (QED) is 0.390. The fraction of sp³-hybridized carbons (Fsp3) is 0.174. The summed E-state index contributed by atoms with van der Waals surface area (Å²) in [5, 5.41) is 8.82. The van der Waals surface area contributed by atoms with Crippen LogP contribution >= 0.6 is 0 Å². The monoisotopic (exact) mass is 342 g/mol. The number of azo groups is 1. The Morgan fingerprint density at radius 2 is 1.35 bits per heavy atom. The van der Waals surface area contributed by atoms with E-state index in [0.717, 1.165) is 27.9 Å². The molecule has 0 atom stereocenters. The maximum Gasteiger partial charge on any atom is 0.195 e. The maximum atomic E-state index is 13.0. The molecule has 3 nitrogen and oxygen atoms in total. The van der Waals surface area contributed by atoms with Gasteiger partial charge in [0.15, 0.2) is 5.78 Å². The van der Waals surface area contributed by atoms with Gasteiger partial charge in [0.1, 0.15) is 0 Å². The van der Waals surface area contributed by atoms with Crippen molar-refractivity contribution in [3.63, 3.8) is 0 Å². The molecule has 0 aliphatic carbocycles. The van der Waals surface area contributed by atoms with Crippen molar-refractivity contribution in [2.45, 2.75) is 27.7 Å². The molecule has 0 saturated carbocycles. The number of rotatable bonds is 4. The van der Waals surface area contributed by atoms with Crippen LogP contribution in [-0.4, -0.2) is 5.78 Å². The van der Waals surface area contributed by atoms with Crippen LogP contribution in [0.4, 0.5) is 11.4 Å². The number of carbonyl (C=O) groups excluding carboxylic acids is 1. The Balaban J connectivity index is 2.06. The Kier molecular flexibility index (Phi) is 5.08. The summed E-state index contributed by atoms with van der Waals surface area (Å²) < 4.78 is 0. The lowest BCUT2D eigenvalue weighted by atomic mass is 9.96. The third-order valence-electron chi connectivity index (χ3n) is 4.20. The maximum absolute atomic E-state index is 13.0. The van der Waals surface area contributed by atoms with Crippen molar-refractivity contribution in [2.24, 2.45) is 10.2 Å². The molecule has 0 saturated heterocycles. The van der Waals surface area contributed by atoms with Crippen LogP contribution in [0, 0.1) is 27.7 Å². The average molecular weight is 342 g/mol. The van der Waals surface area contributed by atoms with Gasteiger partial charge in [0, 0.05) is 5.56 Å². The van der Waals surface area contributed by atoms with Gasteiger partial charge in [-0.15, -0.1) is 5.11 Å². The lowest BCUT2D eigenvalue weighted by Crippen LogP contribution is -2.04. The number of aryl methyl sites for hydroxylation is 4. The molecule has 0 radical (unpaired) electrons. The van der Waals surface area contributed by atoms with Gasteiger partial charge in [-0.3, -0.25) is 4.79 Å². The Hall–Kier alpha value is -3.07. The first-order chi connectivity index (χ1) is 12.4. The van der Waals surface area contributed by atoms with E-state index in [-0.39, 0.29) is 5.78 Å². The second kappa shape index (κ2) is 7.44. The van der Waals surface area contributed by atoms with Gasteiger partial charge >= 0.3 is 0 Å². The third-order valence-corrected chi connectivity index (χ3v) is 4.20. The van der Waals surface area contributed by atoms with Crippen molar-refractivity contribution >= 4 is 17.2 Å². The van der Waals surface area contributed by atoms with E-state index in [1.54, 1.807) is 0 Å². The van der Waals surface area contributed by atoms with E-state index in [0.29, 0.717) is 16.8 Å². The predicted octanol–water partition coefficient (Wildman–Crippen LogP) is 6.57. The van der Waals surface area contributed by atoms with Gasteiger partial charge in [-0.1, -0.05) is 42.5 Å². The SMILES string of the molecule is Cc1cc(C)cc(N=Nc2cc(C)cc(C)c2C(=O)c2ccccc2)c1. The van der Waals surface area contributed by atoms with Gasteiger partial charge < -0.3 is 0 Å². The Morgan fingerprint density at radius 3 is 2.00 bits per heavy atom. The van der Waals surface area contributed by atoms with Crippen molar-refractivity contribution in [3.05, 3.63) is 94.0 Å². The van der Waals surface area contributed by atoms with E-state index in [4.69, 9.17) is 0 Å². The van der Waals surface area contributed by atoms with E-state index >= 15 is 0 Å². The van der Waals surface area contributed by atoms with Crippen molar-refractivity contribution in [1.29, 1.82) is 0 Å². The molecular formula is C23H22N2O. The van der Waals surface area contributed by atoms with Gasteiger partial charge in [-0.25, -0.2) is 0 Å². The average Bonchev–Trinajstić information content (AvgIpc) is 2.59. The summed E-state index contributed by atoms with van der Waals surface area (Å²) in [6, 6.07) is 19.3. The lowest BCUT2D eigenvalue weighted by molar-refractivity contribution is 0.103. The molecule has 3 heteroatoms. The molecule has 0 fully saturated rings. The first kappa shape index (κ1) is 17.7. The molecule has 130 valence electrons. The van der Waals surface area contributed by atoms with E-state index in [2.05, 4.69) is 16.3 Å². The molecule has 26 heavy (non-hydrogen) atoms. The number of benzene rings is 3. The highest BCUT2D eigenvalue weighted by molar-refractivity contribution is 6.12. The summed E-state index contributed by atoms with van der Waals surface area (Å²) >= 11 is 0. The van der Waals surface area contributed by atoms with Crippen molar-refractivity contribution < 1.29 is 4.79 Å². The molecule has 0 amide bonds. The first-order valence-electron chi connectivity index (χ1n) is 8.65. The van der Waals surface area contributed by atoms with Crippen LogP contribution in [0.3, 0.4) is 0 Å². The smallest absolute Gasteiger partial charge is 0.195 e. The summed E-state index contributed by atoms with van der Waals surface area (Å²) in [4.78, 5) is 13.0. The molecular weight excluding hydrogens is 320 g/mol. The van der Waals surface area contributed by atoms with Gasteiger partial charge in [0.25, 0.3) is 0 Å². The molecule has 3 aromatic rings. The minimum Gasteiger partial charge on any atom is -0.289 e. The van der Waals surface area contributed by atoms with Crippen LogP contribution in [-0.2, 0) is 0 Å². The highest BCUT2D eigenvalue weighted by atomic mass is 16.1. The molecule has 0 heterocycles. The van der Waals surface area contributed by atoms with Crippen LogP contribution < -0.4 is 0 Å². The van der Waals surface area contributed by atoms with Crippen LogP contribution in [0.1, 0.15) is 38.2 Å². The molecule has 3 rings (SSSR count). The number of hydrogen-bond acceptors (Lipinski definition) is 3. The highest BCUT2D eigenvalue weighted by Gasteiger charge is 2.17. The Bertz CT molecular complexity index is 968. The highest BCUT2D eigenvalue weighted by Crippen LogP contribution is 2.29. The summed E-state index contributed by atoms with van der Waals surface area (Å²) in [6.07, 6.45) is 0. The Morgan fingerprint density at radius 1 is 0.731 bits per heavy atom. The third kappa shape index (κ3) is 3.94. The number of hydrogen-bond donors (Lipinski definition) is 0. The molecule has 0 bridgehead atoms. The zero-order valence-corrected chi connectivity index (χ0v) is 15.6. The summed E-state index contributed by atoms with van der Waals surface area (Å²) in [7, 11) is 0. The number of nitrogens with zero attached hydrogens (tertiary/aromatic N) is 2. The minimum absolute atomic E-state index is 0.0301. The van der Waals surface area contributed by atoms with Crippen LogP contribution in [0.2, 0.25) is 0 Å². The zero-order chi connectivity index (χ0) is 18.7. The fourth-order valence-electron chi connectivity index (χ4n) is 3.17. The van der Waals surface area contributed by atoms with E-state index in [1.807, 2.05) is 82.3 Å². The van der Waals surface area contributed by atoms with Gasteiger partial charge in [0.2, 0.25) is 0 Å². The van der Waals surface area contributed by atoms with Gasteiger partial charge in [-0.05, 0) is 68.1 Å². The summed E-state index contributed by atoms with van der Waals surface area (Å²) in [5.41, 5.74) is 6.90. The largest absolute Gasteiger partial charge is 0.289 e. The van der Waals surface area contributed by atoms with Crippen molar-refractivity contribution in [3.8, 4) is 0 Å². The summed E-state index contributed by atoms with van der Waals surface area (Å²) in [6.45, 7) is 8.01. The zero-order valence-electron chi connectivity index (χ0n) is 15.6. The second-order valence-electron chi connectivity index (χ2n) is 6.72. The topological polar surface area (TPSA) is 41.8 Å². The van der Waals surface area contributed by atoms with Gasteiger partial charge in [0.05, 0.1) is 16.9 Å². The molecule has 0 spiro atoms. The molecule has 3 aromatic carbocycles. The summed E-state index contributed by atoms with van der Waals surface area (Å²) in [5.74, 6) is -0.0301. The number of ketones is 1. The molecule has 0 N–H and O–H groups in total. The second-order valence-corrected chi connectivity index (χ2v) is 6.72. The van der Waals surface area contributed by atoms with E-state index < -0.39 is 0 Å². The minimum atomic E-state index is -0.0301. The first-order valence-corrected chi connectivity index (χ1v) is 8.65. The number of carbonyl (C=O) groups is 1. The van der Waals surface area contributed by atoms with Crippen LogP contribution in [0.5, 0.6) is 0 Å². The molecule has 0 unspecified atom stereocenters. The van der Waals surface area contributed by atoms with Crippen molar-refractivity contribution in [2.75, 3.05) is 0 Å². The van der Waals surface area contributed by atoms with Gasteiger partial charge in [-0.2, -0.15) is 5.11 Å². The van der Waals surface area contributed by atoms with Crippen LogP contribution in [0.25, 0.3) is 0 Å². The van der Waals surface area contributed by atoms with E-state index in [1.165, 1.54) is 0 Å². The Labute approximate surface area is 154 Å². The normalized spacial score (nSPS) is 11.1. The fourth-order valence-corrected chi connectivity index (χ4v) is 3.17. The molecule has 0 aliphatic rings. The molecule has 0 aliphatic heterocycles. The lowest BCUT2D eigenvalue weighted by Gasteiger charge is -2.10. The van der Waals surface area contributed by atoms with E-state index in [9.17, 15) is 4.79 Å². The predicted molar refractivity (Wildman–Crippen MR) is 106 cm³/mol. The standard InChI is InChI=1S/C23H22N2O/c1-15-10-16(2)13-20(12-15)24-25-21-14-17(3)11-18(4)22(21)23(26)19-8-6-5-7-9-19/h5-14H,1-4H3. The van der Waals surface area contributed by atoms with Crippen LogP contribution in [0.15, 0.2) is 70.9 Å². The van der Waals surface area contributed by atoms with Crippen molar-refractivity contribution in [1.82, 2.24) is 0 Å². The molecule has 0 aromatic heterocycles.